The van der Waals surface area contributed by atoms with Crippen molar-refractivity contribution in [1.82, 2.24) is 25.1 Å². The van der Waals surface area contributed by atoms with Gasteiger partial charge in [0.25, 0.3) is 5.91 Å². The maximum atomic E-state index is 13.9. The molecule has 0 radical (unpaired) electrons. The lowest BCUT2D eigenvalue weighted by atomic mass is 10.1. The average molecular weight is 390 g/mol. The molecule has 24 heavy (non-hydrogen) atoms. The first-order chi connectivity index (χ1) is 11.6. The number of benzene rings is 2. The van der Waals surface area contributed by atoms with Crippen molar-refractivity contribution in [2.45, 2.75) is 6.54 Å². The highest BCUT2D eigenvalue weighted by molar-refractivity contribution is 9.10. The smallest absolute Gasteiger partial charge is 0.256 e. The maximum Gasteiger partial charge on any atom is 0.256 e. The molecule has 3 rings (SSSR count). The van der Waals surface area contributed by atoms with Gasteiger partial charge in [0.15, 0.2) is 0 Å². The number of amides is 1. The van der Waals surface area contributed by atoms with Crippen molar-refractivity contribution in [3.8, 4) is 5.69 Å². The predicted molar refractivity (Wildman–Crippen MR) is 89.1 cm³/mol. The van der Waals surface area contributed by atoms with Gasteiger partial charge < -0.3 is 4.90 Å². The van der Waals surface area contributed by atoms with Crippen molar-refractivity contribution < 1.29 is 9.18 Å². The molecule has 1 heterocycles. The summed E-state index contributed by atoms with van der Waals surface area (Å²) in [5, 5.41) is 11.0. The van der Waals surface area contributed by atoms with Gasteiger partial charge in [0.2, 0.25) is 0 Å². The summed E-state index contributed by atoms with van der Waals surface area (Å²) in [6.45, 7) is 0.147. The second-order valence-electron chi connectivity index (χ2n) is 5.17. The summed E-state index contributed by atoms with van der Waals surface area (Å²) in [6.07, 6.45) is 1.42. The third-order valence-corrected chi connectivity index (χ3v) is 3.99. The van der Waals surface area contributed by atoms with Crippen molar-refractivity contribution in [2.24, 2.45) is 0 Å². The van der Waals surface area contributed by atoms with Crippen LogP contribution in [-0.4, -0.2) is 38.1 Å². The summed E-state index contributed by atoms with van der Waals surface area (Å²) in [7, 11) is 1.62. The van der Waals surface area contributed by atoms with E-state index in [1.807, 2.05) is 0 Å². The van der Waals surface area contributed by atoms with E-state index in [1.165, 1.54) is 22.0 Å². The summed E-state index contributed by atoms with van der Waals surface area (Å²) in [6, 6.07) is 11.6. The van der Waals surface area contributed by atoms with Crippen molar-refractivity contribution in [3.63, 3.8) is 0 Å². The van der Waals surface area contributed by atoms with Gasteiger partial charge in [0.05, 0.1) is 11.3 Å². The highest BCUT2D eigenvalue weighted by atomic mass is 79.9. The lowest BCUT2D eigenvalue weighted by Crippen LogP contribution is -2.27. The molecule has 0 aliphatic carbocycles. The largest absolute Gasteiger partial charge is 0.337 e. The Hall–Kier alpha value is -2.61. The van der Waals surface area contributed by atoms with Crippen LogP contribution in [0.25, 0.3) is 5.69 Å². The molecule has 1 amide bonds. The van der Waals surface area contributed by atoms with E-state index < -0.39 is 0 Å². The fraction of sp³-hybridized carbons (Fsp3) is 0.125. The van der Waals surface area contributed by atoms with Gasteiger partial charge in [-0.2, -0.15) is 4.68 Å². The molecule has 3 aromatic rings. The molecule has 0 unspecified atom stereocenters. The third-order valence-electron chi connectivity index (χ3n) is 3.49. The van der Waals surface area contributed by atoms with E-state index in [-0.39, 0.29) is 18.3 Å². The van der Waals surface area contributed by atoms with Gasteiger partial charge >= 0.3 is 0 Å². The summed E-state index contributed by atoms with van der Waals surface area (Å²) in [4.78, 5) is 14.2. The molecule has 0 saturated heterocycles. The van der Waals surface area contributed by atoms with Crippen LogP contribution < -0.4 is 0 Å². The van der Waals surface area contributed by atoms with Gasteiger partial charge in [0.1, 0.15) is 12.1 Å². The van der Waals surface area contributed by atoms with Crippen LogP contribution in [0.4, 0.5) is 4.39 Å². The van der Waals surface area contributed by atoms with Crippen LogP contribution >= 0.6 is 15.9 Å². The van der Waals surface area contributed by atoms with Crippen LogP contribution in [-0.2, 0) is 6.54 Å². The number of carbonyl (C=O) groups excluding carboxylic acids is 1. The fourth-order valence-corrected chi connectivity index (χ4v) is 2.73. The topological polar surface area (TPSA) is 63.9 Å². The molecule has 0 aliphatic rings. The Morgan fingerprint density at radius 2 is 2.08 bits per heavy atom. The quantitative estimate of drug-likeness (QED) is 0.688. The average Bonchev–Trinajstić information content (AvgIpc) is 3.12. The summed E-state index contributed by atoms with van der Waals surface area (Å²) in [5.41, 5.74) is 1.43. The van der Waals surface area contributed by atoms with E-state index in [0.29, 0.717) is 16.8 Å². The van der Waals surface area contributed by atoms with Crippen molar-refractivity contribution in [1.29, 1.82) is 0 Å². The zero-order chi connectivity index (χ0) is 17.1. The van der Waals surface area contributed by atoms with Crippen LogP contribution in [0.15, 0.2) is 53.3 Å². The number of para-hydroxylation sites is 1. The van der Waals surface area contributed by atoms with Gasteiger partial charge in [0, 0.05) is 23.6 Å². The molecule has 6 nitrogen and oxygen atoms in total. The molecular weight excluding hydrogens is 377 g/mol. The predicted octanol–water partition coefficient (Wildman–Crippen LogP) is 2.84. The van der Waals surface area contributed by atoms with E-state index in [1.54, 1.807) is 43.4 Å². The van der Waals surface area contributed by atoms with Gasteiger partial charge in [-0.1, -0.05) is 28.1 Å². The monoisotopic (exact) mass is 389 g/mol. The molecule has 0 bridgehead atoms. The molecule has 0 atom stereocenters. The second kappa shape index (κ2) is 6.88. The Labute approximate surface area is 146 Å². The van der Waals surface area contributed by atoms with Gasteiger partial charge in [-0.3, -0.25) is 4.79 Å². The fourth-order valence-electron chi connectivity index (χ4n) is 2.32. The van der Waals surface area contributed by atoms with E-state index in [2.05, 4.69) is 31.5 Å². The molecule has 0 saturated carbocycles. The number of tetrazole rings is 1. The van der Waals surface area contributed by atoms with Crippen LogP contribution in [0.1, 0.15) is 15.9 Å². The maximum absolute atomic E-state index is 13.9. The zero-order valence-electron chi connectivity index (χ0n) is 12.7. The van der Waals surface area contributed by atoms with E-state index in [9.17, 15) is 9.18 Å². The number of halogens is 2. The molecule has 122 valence electrons. The first-order valence-electron chi connectivity index (χ1n) is 7.08. The van der Waals surface area contributed by atoms with Crippen LogP contribution in [0.2, 0.25) is 0 Å². The van der Waals surface area contributed by atoms with Crippen molar-refractivity contribution >= 4 is 21.8 Å². The lowest BCUT2D eigenvalue weighted by molar-refractivity contribution is 0.0783. The third kappa shape index (κ3) is 3.33. The molecule has 0 N–H and O–H groups in total. The molecule has 8 heteroatoms. The minimum atomic E-state index is -0.355. The number of hydrogen-bond donors (Lipinski definition) is 0. The first kappa shape index (κ1) is 16.3. The second-order valence-corrected chi connectivity index (χ2v) is 6.08. The molecule has 0 aliphatic heterocycles. The Balaban J connectivity index is 1.88. The van der Waals surface area contributed by atoms with Gasteiger partial charge in [-0.15, -0.1) is 5.10 Å². The molecule has 0 fully saturated rings. The van der Waals surface area contributed by atoms with Crippen molar-refractivity contribution in [2.75, 3.05) is 7.05 Å². The lowest BCUT2D eigenvalue weighted by Gasteiger charge is -2.19. The van der Waals surface area contributed by atoms with E-state index in [4.69, 9.17) is 0 Å². The van der Waals surface area contributed by atoms with Gasteiger partial charge in [-0.05, 0) is 40.8 Å². The molecule has 0 spiro atoms. The molecular formula is C16H13BrFN5O. The highest BCUT2D eigenvalue weighted by Crippen LogP contribution is 2.19. The summed E-state index contributed by atoms with van der Waals surface area (Å²) in [5.74, 6) is -0.605. The highest BCUT2D eigenvalue weighted by Gasteiger charge is 2.18. The van der Waals surface area contributed by atoms with E-state index in [0.717, 1.165) is 4.47 Å². The van der Waals surface area contributed by atoms with Crippen molar-refractivity contribution in [3.05, 3.63) is 70.2 Å². The first-order valence-corrected chi connectivity index (χ1v) is 7.87. The van der Waals surface area contributed by atoms with Crippen LogP contribution in [0.3, 0.4) is 0 Å². The summed E-state index contributed by atoms with van der Waals surface area (Å²) >= 11 is 3.31. The van der Waals surface area contributed by atoms with Gasteiger partial charge in [-0.25, -0.2) is 4.39 Å². The summed E-state index contributed by atoms with van der Waals surface area (Å²) < 4.78 is 16.1. The number of rotatable bonds is 4. The van der Waals surface area contributed by atoms with Crippen LogP contribution in [0.5, 0.6) is 0 Å². The Kier molecular flexibility index (Phi) is 4.66. The number of carbonyl (C=O) groups is 1. The Morgan fingerprint density at radius 1 is 1.29 bits per heavy atom. The Bertz CT molecular complexity index is 869. The Morgan fingerprint density at radius 3 is 2.83 bits per heavy atom. The normalized spacial score (nSPS) is 10.6. The van der Waals surface area contributed by atoms with E-state index >= 15 is 0 Å². The standard InChI is InChI=1S/C16H13BrFN5O/c1-22(9-11-8-12(17)6-7-14(11)18)16(24)13-4-2-3-5-15(13)23-10-19-20-21-23/h2-8,10H,9H2,1H3. The SMILES string of the molecule is CN(Cc1cc(Br)ccc1F)C(=O)c1ccccc1-n1cnnn1. The number of hydrogen-bond acceptors (Lipinski definition) is 4. The molecule has 2 aromatic carbocycles. The minimum absolute atomic E-state index is 0.147. The zero-order valence-corrected chi connectivity index (χ0v) is 14.3. The number of aromatic nitrogens is 4. The molecule has 1 aromatic heterocycles. The van der Waals surface area contributed by atoms with Crippen LogP contribution in [0, 0.1) is 5.82 Å². The minimum Gasteiger partial charge on any atom is -0.337 e. The number of nitrogens with zero attached hydrogens (tertiary/aromatic N) is 5.